The normalized spacial score (nSPS) is 12.4. The van der Waals surface area contributed by atoms with Gasteiger partial charge in [-0.25, -0.2) is 0 Å². The molecule has 20 heavy (non-hydrogen) atoms. The van der Waals surface area contributed by atoms with Crippen molar-refractivity contribution in [2.45, 2.75) is 26.3 Å². The van der Waals surface area contributed by atoms with Crippen LogP contribution in [0.3, 0.4) is 0 Å². The predicted octanol–water partition coefficient (Wildman–Crippen LogP) is 4.59. The molecule has 0 radical (unpaired) electrons. The highest BCUT2D eigenvalue weighted by Gasteiger charge is 2.14. The van der Waals surface area contributed by atoms with Crippen LogP contribution >= 0.6 is 23.2 Å². The lowest BCUT2D eigenvalue weighted by molar-refractivity contribution is 0.549. The van der Waals surface area contributed by atoms with Crippen LogP contribution in [0.15, 0.2) is 36.7 Å². The maximum Gasteiger partial charge on any atom is 0.0622 e. The van der Waals surface area contributed by atoms with Gasteiger partial charge in [-0.15, -0.1) is 0 Å². The molecule has 1 atom stereocenters. The highest BCUT2D eigenvalue weighted by Crippen LogP contribution is 2.26. The van der Waals surface area contributed by atoms with E-state index < -0.39 is 0 Å². The molecular weight excluding hydrogens is 291 g/mol. The Balaban J connectivity index is 2.27. The Morgan fingerprint density at radius 2 is 2.00 bits per heavy atom. The van der Waals surface area contributed by atoms with Gasteiger partial charge in [0.25, 0.3) is 0 Å². The molecule has 1 N–H and O–H groups in total. The fourth-order valence-corrected chi connectivity index (χ4v) is 2.56. The number of nitrogens with zero attached hydrogens (tertiary/aromatic N) is 1. The summed E-state index contributed by atoms with van der Waals surface area (Å²) in [5.41, 5.74) is 3.35. The molecule has 4 heteroatoms. The van der Waals surface area contributed by atoms with E-state index in [0.717, 1.165) is 29.1 Å². The van der Waals surface area contributed by atoms with Crippen LogP contribution in [0.2, 0.25) is 10.0 Å². The minimum atomic E-state index is 0.193. The van der Waals surface area contributed by atoms with Crippen molar-refractivity contribution in [1.82, 2.24) is 10.3 Å². The minimum absolute atomic E-state index is 0.193. The number of halogens is 2. The molecule has 0 saturated heterocycles. The molecule has 106 valence electrons. The van der Waals surface area contributed by atoms with Crippen molar-refractivity contribution in [3.8, 4) is 0 Å². The molecule has 1 aromatic heterocycles. The maximum atomic E-state index is 6.23. The van der Waals surface area contributed by atoms with Crippen molar-refractivity contribution < 1.29 is 0 Å². The van der Waals surface area contributed by atoms with E-state index in [9.17, 15) is 0 Å². The molecule has 0 spiro atoms. The molecule has 1 unspecified atom stereocenters. The van der Waals surface area contributed by atoms with E-state index in [2.05, 4.69) is 29.4 Å². The third-order valence-electron chi connectivity index (χ3n) is 3.33. The number of aryl methyl sites for hydroxylation is 1. The number of pyridine rings is 1. The number of nitrogens with one attached hydrogen (secondary N) is 1. The second-order valence-corrected chi connectivity index (χ2v) is 5.60. The van der Waals surface area contributed by atoms with Crippen molar-refractivity contribution in [3.05, 3.63) is 63.4 Å². The van der Waals surface area contributed by atoms with E-state index >= 15 is 0 Å². The Hall–Kier alpha value is -1.09. The van der Waals surface area contributed by atoms with Gasteiger partial charge in [-0.3, -0.25) is 4.98 Å². The molecule has 0 saturated carbocycles. The van der Waals surface area contributed by atoms with Gasteiger partial charge >= 0.3 is 0 Å². The SMILES string of the molecule is CCNC(Cc1ccncc1Cl)c1ccc(C)c(Cl)c1. The van der Waals surface area contributed by atoms with Gasteiger partial charge in [0, 0.05) is 23.5 Å². The fourth-order valence-electron chi connectivity index (χ4n) is 2.17. The van der Waals surface area contributed by atoms with Crippen molar-refractivity contribution in [3.63, 3.8) is 0 Å². The number of benzene rings is 1. The topological polar surface area (TPSA) is 24.9 Å². The number of hydrogen-bond acceptors (Lipinski definition) is 2. The number of hydrogen-bond donors (Lipinski definition) is 1. The highest BCUT2D eigenvalue weighted by atomic mass is 35.5. The molecule has 0 fully saturated rings. The van der Waals surface area contributed by atoms with E-state index in [-0.39, 0.29) is 6.04 Å². The van der Waals surface area contributed by atoms with Crippen LogP contribution in [0.5, 0.6) is 0 Å². The number of likely N-dealkylation sites (N-methyl/N-ethyl adjacent to an activating group) is 1. The van der Waals surface area contributed by atoms with Gasteiger partial charge in [0.2, 0.25) is 0 Å². The summed E-state index contributed by atoms with van der Waals surface area (Å²) in [6.07, 6.45) is 4.27. The first-order chi connectivity index (χ1) is 9.61. The summed E-state index contributed by atoms with van der Waals surface area (Å²) >= 11 is 12.4. The lowest BCUT2D eigenvalue weighted by atomic mass is 9.98. The van der Waals surface area contributed by atoms with Crippen LogP contribution in [0.4, 0.5) is 0 Å². The second-order valence-electron chi connectivity index (χ2n) is 4.79. The zero-order valence-corrected chi connectivity index (χ0v) is 13.2. The number of rotatable bonds is 5. The van der Waals surface area contributed by atoms with Crippen LogP contribution in [0.1, 0.15) is 29.7 Å². The van der Waals surface area contributed by atoms with Gasteiger partial charge in [-0.05, 0) is 48.7 Å². The second kappa shape index (κ2) is 7.07. The van der Waals surface area contributed by atoms with E-state index in [1.165, 1.54) is 5.56 Å². The largest absolute Gasteiger partial charge is 0.310 e. The van der Waals surface area contributed by atoms with Gasteiger partial charge < -0.3 is 5.32 Å². The highest BCUT2D eigenvalue weighted by molar-refractivity contribution is 6.31. The Bertz CT molecular complexity index is 584. The van der Waals surface area contributed by atoms with Crippen LogP contribution in [0.25, 0.3) is 0 Å². The van der Waals surface area contributed by atoms with Crippen LogP contribution in [-0.4, -0.2) is 11.5 Å². The van der Waals surface area contributed by atoms with Crippen molar-refractivity contribution in [2.24, 2.45) is 0 Å². The summed E-state index contributed by atoms with van der Waals surface area (Å²) < 4.78 is 0. The molecule has 0 amide bonds. The van der Waals surface area contributed by atoms with Gasteiger partial charge in [0.05, 0.1) is 5.02 Å². The van der Waals surface area contributed by atoms with Crippen LogP contribution in [0, 0.1) is 6.92 Å². The van der Waals surface area contributed by atoms with Gasteiger partial charge in [-0.2, -0.15) is 0 Å². The Morgan fingerprint density at radius 3 is 2.65 bits per heavy atom. The van der Waals surface area contributed by atoms with E-state index in [1.54, 1.807) is 12.4 Å². The first-order valence-electron chi connectivity index (χ1n) is 6.69. The average molecular weight is 309 g/mol. The zero-order valence-electron chi connectivity index (χ0n) is 11.7. The lowest BCUT2D eigenvalue weighted by Crippen LogP contribution is -2.23. The average Bonchev–Trinajstić information content (AvgIpc) is 2.44. The summed E-state index contributed by atoms with van der Waals surface area (Å²) in [6.45, 7) is 4.99. The molecule has 2 aromatic rings. The monoisotopic (exact) mass is 308 g/mol. The van der Waals surface area contributed by atoms with E-state index in [4.69, 9.17) is 23.2 Å². The van der Waals surface area contributed by atoms with Crippen LogP contribution < -0.4 is 5.32 Å². The molecule has 0 bridgehead atoms. The summed E-state index contributed by atoms with van der Waals surface area (Å²) in [7, 11) is 0. The van der Waals surface area contributed by atoms with Crippen LogP contribution in [-0.2, 0) is 6.42 Å². The molecule has 2 rings (SSSR count). The van der Waals surface area contributed by atoms with Gasteiger partial charge in [0.1, 0.15) is 0 Å². The third-order valence-corrected chi connectivity index (χ3v) is 4.08. The zero-order chi connectivity index (χ0) is 14.5. The Morgan fingerprint density at radius 1 is 1.20 bits per heavy atom. The smallest absolute Gasteiger partial charge is 0.0622 e. The van der Waals surface area contributed by atoms with Gasteiger partial charge in [0.15, 0.2) is 0 Å². The van der Waals surface area contributed by atoms with Gasteiger partial charge in [-0.1, -0.05) is 42.3 Å². The fraction of sp³-hybridized carbons (Fsp3) is 0.312. The third kappa shape index (κ3) is 3.72. The van der Waals surface area contributed by atoms with E-state index in [0.29, 0.717) is 5.02 Å². The molecule has 0 aliphatic rings. The molecule has 0 aliphatic carbocycles. The summed E-state index contributed by atoms with van der Waals surface area (Å²) in [4.78, 5) is 4.02. The molecule has 1 heterocycles. The molecule has 1 aromatic carbocycles. The maximum absolute atomic E-state index is 6.23. The summed E-state index contributed by atoms with van der Waals surface area (Å²) in [5, 5.41) is 4.98. The lowest BCUT2D eigenvalue weighted by Gasteiger charge is -2.19. The first kappa shape index (κ1) is 15.3. The summed E-state index contributed by atoms with van der Waals surface area (Å²) in [5.74, 6) is 0. The first-order valence-corrected chi connectivity index (χ1v) is 7.45. The summed E-state index contributed by atoms with van der Waals surface area (Å²) in [6, 6.07) is 8.35. The quantitative estimate of drug-likeness (QED) is 0.874. The minimum Gasteiger partial charge on any atom is -0.310 e. The number of aromatic nitrogens is 1. The Labute approximate surface area is 130 Å². The molecular formula is C16H18Cl2N2. The Kier molecular flexibility index (Phi) is 5.41. The van der Waals surface area contributed by atoms with Crippen molar-refractivity contribution in [2.75, 3.05) is 6.54 Å². The van der Waals surface area contributed by atoms with E-state index in [1.807, 2.05) is 19.1 Å². The molecule has 2 nitrogen and oxygen atoms in total. The standard InChI is InChI=1S/C16H18Cl2N2/c1-3-20-16(9-12-6-7-19-10-15(12)18)13-5-4-11(2)14(17)8-13/h4-8,10,16,20H,3,9H2,1-2H3. The predicted molar refractivity (Wildman–Crippen MR) is 85.6 cm³/mol. The van der Waals surface area contributed by atoms with Crippen molar-refractivity contribution >= 4 is 23.2 Å². The van der Waals surface area contributed by atoms with Crippen molar-refractivity contribution in [1.29, 1.82) is 0 Å². The molecule has 0 aliphatic heterocycles.